The van der Waals surface area contributed by atoms with E-state index in [0.29, 0.717) is 0 Å². The van der Waals surface area contributed by atoms with Crippen molar-refractivity contribution in [2.24, 2.45) is 5.73 Å². The lowest BCUT2D eigenvalue weighted by Gasteiger charge is -2.25. The summed E-state index contributed by atoms with van der Waals surface area (Å²) >= 11 is 0. The molecule has 0 amide bonds. The molecule has 2 rings (SSSR count). The van der Waals surface area contributed by atoms with Crippen LogP contribution in [0, 0.1) is 0 Å². The Balaban J connectivity index is 2.17. The minimum Gasteiger partial charge on any atom is -0.497 e. The highest BCUT2D eigenvalue weighted by Gasteiger charge is 2.12. The van der Waals surface area contributed by atoms with Crippen molar-refractivity contribution < 1.29 is 4.74 Å². The van der Waals surface area contributed by atoms with Crippen molar-refractivity contribution in [1.82, 2.24) is 0 Å². The van der Waals surface area contributed by atoms with Crippen molar-refractivity contribution in [3.8, 4) is 5.75 Å². The van der Waals surface area contributed by atoms with Gasteiger partial charge in [0.2, 0.25) is 0 Å². The number of nitrogens with two attached hydrogens (primary N) is 1. The molecule has 3 heteroatoms. The molecule has 0 bridgehead atoms. The van der Waals surface area contributed by atoms with Gasteiger partial charge in [0.25, 0.3) is 0 Å². The Kier molecular flexibility index (Phi) is 5.23. The monoisotopic (exact) mass is 284 g/mol. The topological polar surface area (TPSA) is 38.5 Å². The van der Waals surface area contributed by atoms with Gasteiger partial charge in [0.15, 0.2) is 0 Å². The summed E-state index contributed by atoms with van der Waals surface area (Å²) in [6.45, 7) is 2.96. The third-order valence-corrected chi connectivity index (χ3v) is 3.77. The summed E-state index contributed by atoms with van der Waals surface area (Å²) in [6, 6.07) is 16.6. The average molecular weight is 284 g/mol. The van der Waals surface area contributed by atoms with E-state index in [2.05, 4.69) is 55.3 Å². The fraction of sp³-hybridized carbons (Fsp3) is 0.333. The van der Waals surface area contributed by atoms with Crippen molar-refractivity contribution >= 4 is 5.69 Å². The SMILES string of the molecule is CCC(N)c1ccccc1N(C)Cc1ccc(OC)cc1. The van der Waals surface area contributed by atoms with Crippen molar-refractivity contribution in [2.45, 2.75) is 25.9 Å². The van der Waals surface area contributed by atoms with Gasteiger partial charge in [-0.05, 0) is 35.7 Å². The quantitative estimate of drug-likeness (QED) is 0.878. The van der Waals surface area contributed by atoms with Crippen LogP contribution in [-0.2, 0) is 6.54 Å². The average Bonchev–Trinajstić information content (AvgIpc) is 2.54. The number of hydrogen-bond acceptors (Lipinski definition) is 3. The van der Waals surface area contributed by atoms with Crippen molar-refractivity contribution in [1.29, 1.82) is 0 Å². The number of anilines is 1. The second-order valence-corrected chi connectivity index (χ2v) is 5.28. The number of ether oxygens (including phenoxy) is 1. The van der Waals surface area contributed by atoms with Crippen LogP contribution >= 0.6 is 0 Å². The normalized spacial score (nSPS) is 12.0. The highest BCUT2D eigenvalue weighted by Crippen LogP contribution is 2.27. The van der Waals surface area contributed by atoms with Gasteiger partial charge < -0.3 is 15.4 Å². The molecule has 0 heterocycles. The van der Waals surface area contributed by atoms with Gasteiger partial charge >= 0.3 is 0 Å². The molecule has 0 saturated heterocycles. The lowest BCUT2D eigenvalue weighted by Crippen LogP contribution is -2.20. The van der Waals surface area contributed by atoms with Gasteiger partial charge in [-0.15, -0.1) is 0 Å². The van der Waals surface area contributed by atoms with Crippen LogP contribution in [0.25, 0.3) is 0 Å². The van der Waals surface area contributed by atoms with Crippen molar-refractivity contribution in [3.05, 3.63) is 59.7 Å². The maximum Gasteiger partial charge on any atom is 0.118 e. The molecule has 0 radical (unpaired) electrons. The molecule has 0 aliphatic rings. The third-order valence-electron chi connectivity index (χ3n) is 3.77. The molecule has 0 aromatic heterocycles. The van der Waals surface area contributed by atoms with E-state index in [9.17, 15) is 0 Å². The molecule has 0 spiro atoms. The van der Waals surface area contributed by atoms with E-state index in [1.54, 1.807) is 7.11 Å². The predicted molar refractivity (Wildman–Crippen MR) is 88.8 cm³/mol. The Bertz CT molecular complexity index is 566. The van der Waals surface area contributed by atoms with Crippen LogP contribution in [0.1, 0.15) is 30.5 Å². The summed E-state index contributed by atoms with van der Waals surface area (Å²) in [5.41, 5.74) is 9.87. The van der Waals surface area contributed by atoms with Crippen LogP contribution in [0.4, 0.5) is 5.69 Å². The zero-order valence-electron chi connectivity index (χ0n) is 13.0. The molecule has 0 fully saturated rings. The van der Waals surface area contributed by atoms with Crippen LogP contribution < -0.4 is 15.4 Å². The Hall–Kier alpha value is -2.00. The molecule has 0 aliphatic heterocycles. The number of hydrogen-bond donors (Lipinski definition) is 1. The Labute approximate surface area is 127 Å². The molecule has 3 nitrogen and oxygen atoms in total. The molecule has 0 aliphatic carbocycles. The molecule has 1 atom stereocenters. The predicted octanol–water partition coefficient (Wildman–Crippen LogP) is 3.74. The number of nitrogens with zero attached hydrogens (tertiary/aromatic N) is 1. The summed E-state index contributed by atoms with van der Waals surface area (Å²) in [5, 5.41) is 0. The number of methoxy groups -OCH3 is 1. The zero-order chi connectivity index (χ0) is 15.2. The van der Waals surface area contributed by atoms with Crippen LogP contribution in [0.2, 0.25) is 0 Å². The Morgan fingerprint density at radius 1 is 1.10 bits per heavy atom. The van der Waals surface area contributed by atoms with Gasteiger partial charge in [-0.3, -0.25) is 0 Å². The van der Waals surface area contributed by atoms with Gasteiger partial charge in [0, 0.05) is 25.3 Å². The molecule has 21 heavy (non-hydrogen) atoms. The standard InChI is InChI=1S/C18H24N2O/c1-4-17(19)16-7-5-6-8-18(16)20(2)13-14-9-11-15(21-3)12-10-14/h5-12,17H,4,13,19H2,1-3H3. The largest absolute Gasteiger partial charge is 0.497 e. The van der Waals surface area contributed by atoms with Crippen LogP contribution in [0.3, 0.4) is 0 Å². The fourth-order valence-electron chi connectivity index (χ4n) is 2.46. The van der Waals surface area contributed by atoms with E-state index in [1.807, 2.05) is 12.1 Å². The van der Waals surface area contributed by atoms with E-state index in [0.717, 1.165) is 18.7 Å². The van der Waals surface area contributed by atoms with E-state index in [4.69, 9.17) is 10.5 Å². The van der Waals surface area contributed by atoms with E-state index in [-0.39, 0.29) is 6.04 Å². The first-order valence-electron chi connectivity index (χ1n) is 7.34. The van der Waals surface area contributed by atoms with E-state index >= 15 is 0 Å². The number of rotatable bonds is 6. The maximum atomic E-state index is 6.22. The molecular weight excluding hydrogens is 260 g/mol. The molecule has 2 aromatic rings. The second kappa shape index (κ2) is 7.14. The van der Waals surface area contributed by atoms with Crippen molar-refractivity contribution in [3.63, 3.8) is 0 Å². The summed E-state index contributed by atoms with van der Waals surface area (Å²) in [5.74, 6) is 0.884. The third kappa shape index (κ3) is 3.76. The first-order chi connectivity index (χ1) is 10.2. The van der Waals surface area contributed by atoms with Gasteiger partial charge in [-0.25, -0.2) is 0 Å². The molecule has 2 N–H and O–H groups in total. The lowest BCUT2D eigenvalue weighted by atomic mass is 10.0. The van der Waals surface area contributed by atoms with Crippen molar-refractivity contribution in [2.75, 3.05) is 19.1 Å². The second-order valence-electron chi connectivity index (χ2n) is 5.28. The minimum atomic E-state index is 0.0829. The molecule has 1 unspecified atom stereocenters. The fourth-order valence-corrected chi connectivity index (χ4v) is 2.46. The van der Waals surface area contributed by atoms with Gasteiger partial charge in [0.05, 0.1) is 7.11 Å². The zero-order valence-corrected chi connectivity index (χ0v) is 13.0. The maximum absolute atomic E-state index is 6.22. The number of para-hydroxylation sites is 1. The molecule has 0 saturated carbocycles. The van der Waals surface area contributed by atoms with Gasteiger partial charge in [0.1, 0.15) is 5.75 Å². The summed E-state index contributed by atoms with van der Waals surface area (Å²) in [4.78, 5) is 2.24. The van der Waals surface area contributed by atoms with Crippen LogP contribution in [-0.4, -0.2) is 14.2 Å². The summed E-state index contributed by atoms with van der Waals surface area (Å²) in [7, 11) is 3.79. The number of benzene rings is 2. The van der Waals surface area contributed by atoms with Gasteiger partial charge in [-0.2, -0.15) is 0 Å². The minimum absolute atomic E-state index is 0.0829. The Morgan fingerprint density at radius 2 is 1.76 bits per heavy atom. The molecular formula is C18H24N2O. The molecule has 112 valence electrons. The summed E-state index contributed by atoms with van der Waals surface area (Å²) < 4.78 is 5.19. The van der Waals surface area contributed by atoms with E-state index < -0.39 is 0 Å². The molecule has 2 aromatic carbocycles. The first-order valence-corrected chi connectivity index (χ1v) is 7.34. The van der Waals surface area contributed by atoms with Crippen LogP contribution in [0.5, 0.6) is 5.75 Å². The summed E-state index contributed by atoms with van der Waals surface area (Å²) in [6.07, 6.45) is 0.938. The van der Waals surface area contributed by atoms with E-state index in [1.165, 1.54) is 16.8 Å². The highest BCUT2D eigenvalue weighted by atomic mass is 16.5. The smallest absolute Gasteiger partial charge is 0.118 e. The van der Waals surface area contributed by atoms with Gasteiger partial charge in [-0.1, -0.05) is 37.3 Å². The van der Waals surface area contributed by atoms with Crippen LogP contribution in [0.15, 0.2) is 48.5 Å². The Morgan fingerprint density at radius 3 is 2.38 bits per heavy atom. The lowest BCUT2D eigenvalue weighted by molar-refractivity contribution is 0.414. The first kappa shape index (κ1) is 15.4. The highest BCUT2D eigenvalue weighted by molar-refractivity contribution is 5.54.